The van der Waals surface area contributed by atoms with E-state index in [4.69, 9.17) is 15.2 Å². The molecule has 0 bridgehead atoms. The summed E-state index contributed by atoms with van der Waals surface area (Å²) in [5.74, 6) is 1.31. The Hall–Kier alpha value is -1.99. The lowest BCUT2D eigenvalue weighted by molar-refractivity contribution is -0.136. The maximum atomic E-state index is 12.8. The molecule has 2 unspecified atom stereocenters. The summed E-state index contributed by atoms with van der Waals surface area (Å²) >= 11 is 0. The fourth-order valence-electron chi connectivity index (χ4n) is 3.78. The fraction of sp³-hybridized carbons (Fsp3) is 0.579. The summed E-state index contributed by atoms with van der Waals surface area (Å²) < 4.78 is 10.5. The van der Waals surface area contributed by atoms with E-state index in [-0.39, 0.29) is 36.2 Å². The molecule has 3 rings (SSSR count). The van der Waals surface area contributed by atoms with Crippen molar-refractivity contribution in [3.05, 3.63) is 23.8 Å². The Labute approximate surface area is 166 Å². The predicted octanol–water partition coefficient (Wildman–Crippen LogP) is 1.54. The normalized spacial score (nSPS) is 22.2. The van der Waals surface area contributed by atoms with Gasteiger partial charge in [0.15, 0.2) is 11.5 Å². The van der Waals surface area contributed by atoms with Gasteiger partial charge in [0.25, 0.3) is 5.91 Å². The SMILES string of the molecule is COc1ccc(C(=O)N2CCN(C(=O)C3CCC(N)C3)CC2)cc1OC.Cl. The molecule has 8 heteroatoms. The minimum atomic E-state index is -0.0547. The molecule has 27 heavy (non-hydrogen) atoms. The van der Waals surface area contributed by atoms with Gasteiger partial charge in [0.2, 0.25) is 5.91 Å². The van der Waals surface area contributed by atoms with Crippen molar-refractivity contribution in [2.24, 2.45) is 11.7 Å². The zero-order chi connectivity index (χ0) is 18.7. The zero-order valence-electron chi connectivity index (χ0n) is 15.8. The molecular formula is C19H28ClN3O4. The first-order valence-corrected chi connectivity index (χ1v) is 9.09. The summed E-state index contributed by atoms with van der Waals surface area (Å²) in [4.78, 5) is 29.0. The molecule has 1 aliphatic carbocycles. The molecule has 1 aliphatic heterocycles. The highest BCUT2D eigenvalue weighted by Crippen LogP contribution is 2.29. The number of nitrogens with two attached hydrogens (primary N) is 1. The van der Waals surface area contributed by atoms with Gasteiger partial charge in [-0.2, -0.15) is 0 Å². The minimum absolute atomic E-state index is 0. The summed E-state index contributed by atoms with van der Waals surface area (Å²) in [5.41, 5.74) is 6.48. The second-order valence-corrected chi connectivity index (χ2v) is 6.96. The van der Waals surface area contributed by atoms with Gasteiger partial charge >= 0.3 is 0 Å². The number of carbonyl (C=O) groups is 2. The first kappa shape index (κ1) is 21.3. The third kappa shape index (κ3) is 4.65. The number of benzene rings is 1. The number of rotatable bonds is 4. The molecule has 1 saturated carbocycles. The van der Waals surface area contributed by atoms with Crippen molar-refractivity contribution in [3.63, 3.8) is 0 Å². The van der Waals surface area contributed by atoms with E-state index in [2.05, 4.69) is 0 Å². The molecule has 1 heterocycles. The van der Waals surface area contributed by atoms with Gasteiger partial charge in [0, 0.05) is 43.7 Å². The quantitative estimate of drug-likeness (QED) is 0.832. The van der Waals surface area contributed by atoms with Crippen LogP contribution < -0.4 is 15.2 Å². The smallest absolute Gasteiger partial charge is 0.254 e. The largest absolute Gasteiger partial charge is 0.493 e. The summed E-state index contributed by atoms with van der Waals surface area (Å²) in [6.45, 7) is 2.22. The third-order valence-corrected chi connectivity index (χ3v) is 5.33. The van der Waals surface area contributed by atoms with Crippen molar-refractivity contribution in [3.8, 4) is 11.5 Å². The van der Waals surface area contributed by atoms with E-state index in [1.807, 2.05) is 4.90 Å². The molecule has 2 N–H and O–H groups in total. The Morgan fingerprint density at radius 1 is 1.00 bits per heavy atom. The van der Waals surface area contributed by atoms with Gasteiger partial charge in [0.05, 0.1) is 14.2 Å². The van der Waals surface area contributed by atoms with Crippen molar-refractivity contribution in [2.45, 2.75) is 25.3 Å². The lowest BCUT2D eigenvalue weighted by atomic mass is 10.1. The second-order valence-electron chi connectivity index (χ2n) is 6.96. The summed E-state index contributed by atoms with van der Waals surface area (Å²) in [5, 5.41) is 0. The van der Waals surface area contributed by atoms with Crippen molar-refractivity contribution in [1.82, 2.24) is 9.80 Å². The number of ether oxygens (including phenoxy) is 2. The van der Waals surface area contributed by atoms with E-state index in [1.54, 1.807) is 37.3 Å². The van der Waals surface area contributed by atoms with Crippen LogP contribution in [0.5, 0.6) is 11.5 Å². The third-order valence-electron chi connectivity index (χ3n) is 5.33. The lowest BCUT2D eigenvalue weighted by Crippen LogP contribution is -2.51. The van der Waals surface area contributed by atoms with Gasteiger partial charge in [-0.1, -0.05) is 0 Å². The van der Waals surface area contributed by atoms with Gasteiger partial charge in [-0.15, -0.1) is 12.4 Å². The van der Waals surface area contributed by atoms with Crippen LogP contribution in [0.15, 0.2) is 18.2 Å². The highest BCUT2D eigenvalue weighted by molar-refractivity contribution is 5.95. The van der Waals surface area contributed by atoms with E-state index in [0.29, 0.717) is 43.2 Å². The van der Waals surface area contributed by atoms with Gasteiger partial charge in [-0.25, -0.2) is 0 Å². The summed E-state index contributed by atoms with van der Waals surface area (Å²) in [7, 11) is 3.11. The fourth-order valence-corrected chi connectivity index (χ4v) is 3.78. The van der Waals surface area contributed by atoms with Crippen molar-refractivity contribution >= 4 is 24.2 Å². The van der Waals surface area contributed by atoms with Gasteiger partial charge < -0.3 is 25.0 Å². The van der Waals surface area contributed by atoms with Gasteiger partial charge in [-0.3, -0.25) is 9.59 Å². The molecule has 1 saturated heterocycles. The average molecular weight is 398 g/mol. The molecule has 2 amide bonds. The van der Waals surface area contributed by atoms with Gasteiger partial charge in [0.1, 0.15) is 0 Å². The molecule has 1 aromatic carbocycles. The molecule has 2 atom stereocenters. The van der Waals surface area contributed by atoms with Crippen LogP contribution in [0.3, 0.4) is 0 Å². The Bertz CT molecular complexity index is 677. The Morgan fingerprint density at radius 3 is 2.19 bits per heavy atom. The Balaban J connectivity index is 0.00000261. The standard InChI is InChI=1S/C19H27N3O4.ClH/c1-25-16-6-4-14(12-17(16)26-2)19(24)22-9-7-21(8-10-22)18(23)13-3-5-15(20)11-13;/h4,6,12-13,15H,3,5,7-11,20H2,1-2H3;1H. The molecule has 1 aromatic rings. The highest BCUT2D eigenvalue weighted by atomic mass is 35.5. The number of amides is 2. The van der Waals surface area contributed by atoms with Crippen LogP contribution in [0.2, 0.25) is 0 Å². The molecule has 0 spiro atoms. The van der Waals surface area contributed by atoms with E-state index in [9.17, 15) is 9.59 Å². The zero-order valence-corrected chi connectivity index (χ0v) is 16.7. The van der Waals surface area contributed by atoms with E-state index >= 15 is 0 Å². The Kier molecular flexibility index (Phi) is 7.33. The number of hydrogen-bond acceptors (Lipinski definition) is 5. The van der Waals surface area contributed by atoms with Crippen molar-refractivity contribution in [1.29, 1.82) is 0 Å². The van der Waals surface area contributed by atoms with E-state index in [1.165, 1.54) is 0 Å². The first-order chi connectivity index (χ1) is 12.5. The maximum Gasteiger partial charge on any atom is 0.254 e. The first-order valence-electron chi connectivity index (χ1n) is 9.09. The number of methoxy groups -OCH3 is 2. The average Bonchev–Trinajstić information content (AvgIpc) is 3.12. The topological polar surface area (TPSA) is 85.1 Å². The molecule has 2 aliphatic rings. The monoisotopic (exact) mass is 397 g/mol. The molecule has 150 valence electrons. The molecule has 2 fully saturated rings. The van der Waals surface area contributed by atoms with Crippen LogP contribution in [0.25, 0.3) is 0 Å². The molecule has 0 radical (unpaired) electrons. The van der Waals surface area contributed by atoms with Crippen molar-refractivity contribution < 1.29 is 19.1 Å². The maximum absolute atomic E-state index is 12.8. The van der Waals surface area contributed by atoms with Gasteiger partial charge in [-0.05, 0) is 37.5 Å². The number of nitrogens with zero attached hydrogens (tertiary/aromatic N) is 2. The van der Waals surface area contributed by atoms with Crippen molar-refractivity contribution in [2.75, 3.05) is 40.4 Å². The van der Waals surface area contributed by atoms with Crippen LogP contribution >= 0.6 is 12.4 Å². The minimum Gasteiger partial charge on any atom is -0.493 e. The predicted molar refractivity (Wildman–Crippen MR) is 105 cm³/mol. The van der Waals surface area contributed by atoms with Crippen LogP contribution in [-0.4, -0.2) is 68.1 Å². The number of hydrogen-bond donors (Lipinski definition) is 1. The lowest BCUT2D eigenvalue weighted by Gasteiger charge is -2.36. The molecule has 0 aromatic heterocycles. The number of piperazine rings is 1. The van der Waals surface area contributed by atoms with Crippen LogP contribution in [0.1, 0.15) is 29.6 Å². The summed E-state index contributed by atoms with van der Waals surface area (Å²) in [6.07, 6.45) is 2.59. The molecule has 7 nitrogen and oxygen atoms in total. The number of halogens is 1. The number of carbonyl (C=O) groups excluding carboxylic acids is 2. The Morgan fingerprint density at radius 2 is 1.63 bits per heavy atom. The van der Waals surface area contributed by atoms with E-state index < -0.39 is 0 Å². The molecular weight excluding hydrogens is 370 g/mol. The highest BCUT2D eigenvalue weighted by Gasteiger charge is 2.33. The van der Waals surface area contributed by atoms with Crippen LogP contribution in [0, 0.1) is 5.92 Å². The second kappa shape index (κ2) is 9.28. The van der Waals surface area contributed by atoms with E-state index in [0.717, 1.165) is 19.3 Å². The van der Waals surface area contributed by atoms with Crippen LogP contribution in [-0.2, 0) is 4.79 Å². The van der Waals surface area contributed by atoms with Crippen LogP contribution in [0.4, 0.5) is 0 Å². The summed E-state index contributed by atoms with van der Waals surface area (Å²) in [6, 6.07) is 5.31.